The van der Waals surface area contributed by atoms with Gasteiger partial charge in [-0.25, -0.2) is 0 Å². The number of nitrogens with zero attached hydrogens (tertiary/aromatic N) is 2. The smallest absolute Gasteiger partial charge is 0.254 e. The third kappa shape index (κ3) is 3.59. The van der Waals surface area contributed by atoms with Gasteiger partial charge in [0.1, 0.15) is 6.61 Å². The van der Waals surface area contributed by atoms with Gasteiger partial charge >= 0.3 is 0 Å². The Balaban J connectivity index is 1.57. The average molecular weight is 375 g/mol. The van der Waals surface area contributed by atoms with Crippen LogP contribution in [-0.4, -0.2) is 41.5 Å². The highest BCUT2D eigenvalue weighted by molar-refractivity contribution is 5.87. The zero-order valence-corrected chi connectivity index (χ0v) is 15.5. The van der Waals surface area contributed by atoms with E-state index in [1.165, 1.54) is 0 Å². The molecule has 6 nitrogen and oxygen atoms in total. The van der Waals surface area contributed by atoms with Crippen molar-refractivity contribution in [1.82, 2.24) is 15.2 Å². The van der Waals surface area contributed by atoms with Crippen molar-refractivity contribution in [1.29, 1.82) is 0 Å². The molecule has 1 N–H and O–H groups in total. The summed E-state index contributed by atoms with van der Waals surface area (Å²) < 4.78 is 5.65. The highest BCUT2D eigenvalue weighted by Gasteiger charge is 2.37. The number of likely N-dealkylation sites (N-methyl/N-ethyl adjacent to an activating group) is 1. The molecule has 0 radical (unpaired) electrons. The van der Waals surface area contributed by atoms with Crippen LogP contribution >= 0.6 is 0 Å². The first kappa shape index (κ1) is 18.1. The molecule has 2 atom stereocenters. The van der Waals surface area contributed by atoms with Gasteiger partial charge in [0.15, 0.2) is 6.10 Å². The molecule has 0 aliphatic carbocycles. The van der Waals surface area contributed by atoms with Gasteiger partial charge < -0.3 is 15.0 Å². The molecule has 0 spiro atoms. The van der Waals surface area contributed by atoms with Crippen LogP contribution in [0.4, 0.5) is 0 Å². The number of pyridine rings is 1. The number of hydrogen-bond donors (Lipinski definition) is 1. The molecular formula is C22H21N3O3. The molecule has 3 aromatic rings. The fraction of sp³-hybridized carbons (Fsp3) is 0.227. The lowest BCUT2D eigenvalue weighted by Gasteiger charge is -2.34. The van der Waals surface area contributed by atoms with Gasteiger partial charge in [0, 0.05) is 25.2 Å². The largest absolute Gasteiger partial charge is 0.356 e. The number of rotatable bonds is 4. The Kier molecular flexibility index (Phi) is 5.04. The van der Waals surface area contributed by atoms with E-state index in [1.54, 1.807) is 18.1 Å². The van der Waals surface area contributed by atoms with Crippen molar-refractivity contribution in [3.05, 3.63) is 78.0 Å². The quantitative estimate of drug-likeness (QED) is 0.760. The van der Waals surface area contributed by atoms with E-state index in [0.717, 1.165) is 22.0 Å². The zero-order valence-electron chi connectivity index (χ0n) is 15.5. The molecule has 0 unspecified atom stereocenters. The highest BCUT2D eigenvalue weighted by Crippen LogP contribution is 2.25. The van der Waals surface area contributed by atoms with Crippen molar-refractivity contribution in [3.63, 3.8) is 0 Å². The van der Waals surface area contributed by atoms with E-state index >= 15 is 0 Å². The summed E-state index contributed by atoms with van der Waals surface area (Å²) in [5.41, 5.74) is 2.68. The Morgan fingerprint density at radius 3 is 2.75 bits per heavy atom. The van der Waals surface area contributed by atoms with E-state index < -0.39 is 12.1 Å². The lowest BCUT2D eigenvalue weighted by Crippen LogP contribution is -2.52. The molecule has 2 amide bonds. The Morgan fingerprint density at radius 2 is 1.93 bits per heavy atom. The van der Waals surface area contributed by atoms with E-state index in [9.17, 15) is 9.59 Å². The first-order chi connectivity index (χ1) is 13.6. The van der Waals surface area contributed by atoms with Gasteiger partial charge in [-0.15, -0.1) is 0 Å². The second kappa shape index (κ2) is 7.78. The maximum atomic E-state index is 13.2. The van der Waals surface area contributed by atoms with Crippen LogP contribution in [0.5, 0.6) is 0 Å². The van der Waals surface area contributed by atoms with Crippen molar-refractivity contribution in [2.75, 3.05) is 13.7 Å². The average Bonchev–Trinajstić information content (AvgIpc) is 2.74. The minimum absolute atomic E-state index is 0.122. The summed E-state index contributed by atoms with van der Waals surface area (Å²) in [4.78, 5) is 31.1. The number of ether oxygens (including phenoxy) is 1. The van der Waals surface area contributed by atoms with Gasteiger partial charge in [0.2, 0.25) is 5.91 Å². The molecule has 1 aromatic heterocycles. The van der Waals surface area contributed by atoms with Gasteiger partial charge in [-0.1, -0.05) is 54.6 Å². The second-order valence-electron chi connectivity index (χ2n) is 6.87. The number of para-hydroxylation sites is 1. The fourth-order valence-corrected chi connectivity index (χ4v) is 3.53. The van der Waals surface area contributed by atoms with E-state index in [1.807, 2.05) is 60.7 Å². The molecule has 1 fully saturated rings. The Bertz CT molecular complexity index is 1000. The van der Waals surface area contributed by atoms with Gasteiger partial charge in [-0.2, -0.15) is 0 Å². The van der Waals surface area contributed by atoms with Crippen LogP contribution in [0.2, 0.25) is 0 Å². The minimum atomic E-state index is -0.770. The summed E-state index contributed by atoms with van der Waals surface area (Å²) in [6.45, 7) is 0.284. The van der Waals surface area contributed by atoms with Crippen LogP contribution in [0, 0.1) is 0 Å². The summed E-state index contributed by atoms with van der Waals surface area (Å²) in [6.07, 6.45) is 0.979. The second-order valence-corrected chi connectivity index (χ2v) is 6.87. The normalized spacial score (nSPS) is 19.2. The number of morpholine rings is 1. The lowest BCUT2D eigenvalue weighted by molar-refractivity contribution is -0.154. The number of fused-ring (bicyclic) bond motifs is 1. The highest BCUT2D eigenvalue weighted by atomic mass is 16.5. The molecule has 28 heavy (non-hydrogen) atoms. The maximum Gasteiger partial charge on any atom is 0.254 e. The first-order valence-corrected chi connectivity index (χ1v) is 9.17. The molecule has 142 valence electrons. The number of amides is 2. The molecule has 0 saturated carbocycles. The monoisotopic (exact) mass is 375 g/mol. The van der Waals surface area contributed by atoms with Gasteiger partial charge in [0.05, 0.1) is 11.6 Å². The molecule has 0 bridgehead atoms. The molecular weight excluding hydrogens is 354 g/mol. The van der Waals surface area contributed by atoms with Crippen LogP contribution in [0.25, 0.3) is 10.9 Å². The summed E-state index contributed by atoms with van der Waals surface area (Å²) >= 11 is 0. The van der Waals surface area contributed by atoms with Gasteiger partial charge in [0.25, 0.3) is 5.91 Å². The molecule has 4 rings (SSSR count). The van der Waals surface area contributed by atoms with Crippen LogP contribution in [0.15, 0.2) is 66.9 Å². The summed E-state index contributed by atoms with van der Waals surface area (Å²) in [5.74, 6) is -0.402. The standard InChI is InChI=1S/C22H21N3O3/c1-25(13-17-10-5-9-15-11-6-12-23-19(15)17)22(27)21-20(24-18(26)14-28-21)16-7-3-2-4-8-16/h2-12,20-21H,13-14H2,1H3,(H,24,26)/t20-,21+/m1/s1. The van der Waals surface area contributed by atoms with E-state index in [2.05, 4.69) is 10.3 Å². The van der Waals surface area contributed by atoms with Crippen molar-refractivity contribution >= 4 is 22.7 Å². The van der Waals surface area contributed by atoms with Gasteiger partial charge in [-0.3, -0.25) is 14.6 Å². The topological polar surface area (TPSA) is 71.5 Å². The number of carbonyl (C=O) groups is 2. The Morgan fingerprint density at radius 1 is 1.14 bits per heavy atom. The molecule has 2 heterocycles. The van der Waals surface area contributed by atoms with E-state index in [0.29, 0.717) is 6.54 Å². The number of benzene rings is 2. The SMILES string of the molecule is CN(Cc1cccc2cccnc12)C(=O)[C@H]1OCC(=O)N[C@@H]1c1ccccc1. The predicted molar refractivity (Wildman–Crippen MR) is 105 cm³/mol. The number of nitrogens with one attached hydrogen (secondary N) is 1. The maximum absolute atomic E-state index is 13.2. The first-order valence-electron chi connectivity index (χ1n) is 9.17. The number of aromatic nitrogens is 1. The molecule has 6 heteroatoms. The van der Waals surface area contributed by atoms with Crippen LogP contribution in [0.3, 0.4) is 0 Å². The van der Waals surface area contributed by atoms with Crippen molar-refractivity contribution < 1.29 is 14.3 Å². The fourth-order valence-electron chi connectivity index (χ4n) is 3.53. The Hall–Kier alpha value is -3.25. The Labute approximate surface area is 163 Å². The summed E-state index contributed by atoms with van der Waals surface area (Å²) in [7, 11) is 1.74. The molecule has 1 saturated heterocycles. The van der Waals surface area contributed by atoms with Crippen molar-refractivity contribution in [2.24, 2.45) is 0 Å². The van der Waals surface area contributed by atoms with Crippen LogP contribution in [-0.2, 0) is 20.9 Å². The third-order valence-electron chi connectivity index (χ3n) is 4.92. The predicted octanol–water partition coefficient (Wildman–Crippen LogP) is 2.45. The number of hydrogen-bond acceptors (Lipinski definition) is 4. The van der Waals surface area contributed by atoms with Crippen molar-refractivity contribution in [2.45, 2.75) is 18.7 Å². The van der Waals surface area contributed by atoms with E-state index in [-0.39, 0.29) is 18.4 Å². The van der Waals surface area contributed by atoms with Gasteiger partial charge in [-0.05, 0) is 17.2 Å². The molecule has 1 aliphatic heterocycles. The summed E-state index contributed by atoms with van der Waals surface area (Å²) in [5, 5.41) is 3.92. The van der Waals surface area contributed by atoms with E-state index in [4.69, 9.17) is 4.74 Å². The number of carbonyl (C=O) groups excluding carboxylic acids is 2. The van der Waals surface area contributed by atoms with Crippen LogP contribution in [0.1, 0.15) is 17.2 Å². The van der Waals surface area contributed by atoms with Crippen LogP contribution < -0.4 is 5.32 Å². The van der Waals surface area contributed by atoms with Crippen molar-refractivity contribution in [3.8, 4) is 0 Å². The summed E-state index contributed by atoms with van der Waals surface area (Å²) in [6, 6.07) is 18.7. The molecule has 1 aliphatic rings. The third-order valence-corrected chi connectivity index (χ3v) is 4.92. The zero-order chi connectivity index (χ0) is 19.5. The minimum Gasteiger partial charge on any atom is -0.356 e. The molecule has 2 aromatic carbocycles. The lowest BCUT2D eigenvalue weighted by atomic mass is 9.98.